The average molecular weight is 348 g/mol. The number of amides is 1. The van der Waals surface area contributed by atoms with Crippen LogP contribution in [0.1, 0.15) is 18.9 Å². The molecule has 1 amide bonds. The smallest absolute Gasteiger partial charge is 0.260 e. The molecular weight excluding hydrogens is 326 g/mol. The molecule has 24 heavy (non-hydrogen) atoms. The van der Waals surface area contributed by atoms with Crippen molar-refractivity contribution >= 4 is 17.5 Å². The number of halogens is 1. The van der Waals surface area contributed by atoms with Crippen LogP contribution >= 0.6 is 11.6 Å². The number of nitrogens with one attached hydrogen (secondary N) is 1. The van der Waals surface area contributed by atoms with E-state index in [2.05, 4.69) is 5.32 Å². The Morgan fingerprint density at radius 3 is 2.67 bits per heavy atom. The fraction of sp³-hybridized carbons (Fsp3) is 0.316. The summed E-state index contributed by atoms with van der Waals surface area (Å²) in [5, 5.41) is 3.65. The van der Waals surface area contributed by atoms with E-state index in [0.29, 0.717) is 18.0 Å². The van der Waals surface area contributed by atoms with Crippen LogP contribution in [-0.4, -0.2) is 25.7 Å². The van der Waals surface area contributed by atoms with Crippen LogP contribution in [-0.2, 0) is 11.2 Å². The summed E-state index contributed by atoms with van der Waals surface area (Å²) in [6, 6.07) is 14.9. The summed E-state index contributed by atoms with van der Waals surface area (Å²) in [5.41, 5.74) is 1.09. The van der Waals surface area contributed by atoms with Crippen LogP contribution in [0, 0.1) is 0 Å². The Balaban J connectivity index is 1.74. The third kappa shape index (κ3) is 5.46. The van der Waals surface area contributed by atoms with Gasteiger partial charge in [0.25, 0.3) is 5.91 Å². The van der Waals surface area contributed by atoms with E-state index < -0.39 is 6.10 Å². The highest BCUT2D eigenvalue weighted by Crippen LogP contribution is 2.20. The molecule has 128 valence electrons. The number of carbonyl (C=O) groups is 1. The maximum Gasteiger partial charge on any atom is 0.260 e. The Kier molecular flexibility index (Phi) is 6.94. The van der Waals surface area contributed by atoms with Gasteiger partial charge < -0.3 is 14.8 Å². The molecule has 2 aromatic rings. The highest BCUT2D eigenvalue weighted by Gasteiger charge is 2.14. The Bertz CT molecular complexity index is 675. The van der Waals surface area contributed by atoms with Crippen LogP contribution in [0.4, 0.5) is 0 Å². The van der Waals surface area contributed by atoms with E-state index in [1.54, 1.807) is 26.2 Å². The quantitative estimate of drug-likeness (QED) is 0.737. The molecule has 0 aromatic heterocycles. The first-order valence-corrected chi connectivity index (χ1v) is 8.30. The number of hydrogen-bond acceptors (Lipinski definition) is 3. The van der Waals surface area contributed by atoms with E-state index in [-0.39, 0.29) is 5.91 Å². The van der Waals surface area contributed by atoms with E-state index in [9.17, 15) is 4.79 Å². The molecule has 0 unspecified atom stereocenters. The summed E-state index contributed by atoms with van der Waals surface area (Å²) in [6.07, 6.45) is 1.07. The molecule has 5 heteroatoms. The lowest BCUT2D eigenvalue weighted by Gasteiger charge is -2.15. The number of benzene rings is 2. The highest BCUT2D eigenvalue weighted by molar-refractivity contribution is 6.31. The van der Waals surface area contributed by atoms with E-state index in [0.717, 1.165) is 23.4 Å². The predicted octanol–water partition coefficient (Wildman–Crippen LogP) is 3.86. The number of methoxy groups -OCH3 is 1. The maximum absolute atomic E-state index is 12.1. The lowest BCUT2D eigenvalue weighted by atomic mass is 10.1. The van der Waals surface area contributed by atoms with Crippen LogP contribution in [0.25, 0.3) is 0 Å². The van der Waals surface area contributed by atoms with Gasteiger partial charge in [0.1, 0.15) is 11.5 Å². The van der Waals surface area contributed by atoms with Gasteiger partial charge in [-0.1, -0.05) is 35.9 Å². The average Bonchev–Trinajstić information content (AvgIpc) is 2.60. The van der Waals surface area contributed by atoms with Gasteiger partial charge in [-0.15, -0.1) is 0 Å². The van der Waals surface area contributed by atoms with Crippen LogP contribution in [0.3, 0.4) is 0 Å². The van der Waals surface area contributed by atoms with E-state index in [4.69, 9.17) is 21.1 Å². The third-order valence-electron chi connectivity index (χ3n) is 3.60. The summed E-state index contributed by atoms with van der Waals surface area (Å²) >= 11 is 6.11. The second-order valence-corrected chi connectivity index (χ2v) is 5.83. The van der Waals surface area contributed by atoms with Gasteiger partial charge in [0.15, 0.2) is 6.10 Å². The standard InChI is InChI=1S/C19H22ClNO3/c1-14(24-17-10-5-9-16(13-17)23-2)19(22)21-12-6-8-15-7-3-4-11-18(15)20/h3-5,7,9-11,13-14H,6,8,12H2,1-2H3,(H,21,22)/t14-/m1/s1. The SMILES string of the molecule is COc1cccc(O[C@H](C)C(=O)NCCCc2ccccc2Cl)c1. The number of ether oxygens (including phenoxy) is 2. The van der Waals surface area contributed by atoms with Gasteiger partial charge >= 0.3 is 0 Å². The minimum absolute atomic E-state index is 0.142. The molecular formula is C19H22ClNO3. The molecule has 0 saturated carbocycles. The molecule has 2 aromatic carbocycles. The van der Waals surface area contributed by atoms with Crippen LogP contribution in [0.15, 0.2) is 48.5 Å². The van der Waals surface area contributed by atoms with Crippen molar-refractivity contribution in [2.24, 2.45) is 0 Å². The number of rotatable bonds is 8. The van der Waals surface area contributed by atoms with Gasteiger partial charge in [0.2, 0.25) is 0 Å². The molecule has 0 aliphatic heterocycles. The first-order chi connectivity index (χ1) is 11.6. The Hall–Kier alpha value is -2.20. The van der Waals surface area contributed by atoms with Crippen molar-refractivity contribution in [1.29, 1.82) is 0 Å². The fourth-order valence-electron chi connectivity index (χ4n) is 2.27. The monoisotopic (exact) mass is 347 g/mol. The largest absolute Gasteiger partial charge is 0.497 e. The summed E-state index contributed by atoms with van der Waals surface area (Å²) in [5.74, 6) is 1.16. The number of aryl methyl sites for hydroxylation is 1. The zero-order chi connectivity index (χ0) is 17.4. The van der Waals surface area contributed by atoms with Gasteiger partial charge in [-0.2, -0.15) is 0 Å². The topological polar surface area (TPSA) is 47.6 Å². The Morgan fingerprint density at radius 2 is 1.92 bits per heavy atom. The zero-order valence-corrected chi connectivity index (χ0v) is 14.7. The van der Waals surface area contributed by atoms with Gasteiger partial charge in [0, 0.05) is 17.6 Å². The van der Waals surface area contributed by atoms with E-state index >= 15 is 0 Å². The third-order valence-corrected chi connectivity index (χ3v) is 3.97. The molecule has 0 saturated heterocycles. The molecule has 2 rings (SSSR count). The summed E-state index contributed by atoms with van der Waals surface area (Å²) in [7, 11) is 1.59. The summed E-state index contributed by atoms with van der Waals surface area (Å²) in [4.78, 5) is 12.1. The van der Waals surface area contributed by atoms with Crippen molar-refractivity contribution in [2.75, 3.05) is 13.7 Å². The molecule has 0 spiro atoms. The van der Waals surface area contributed by atoms with Crippen molar-refractivity contribution < 1.29 is 14.3 Å². The van der Waals surface area contributed by atoms with Crippen molar-refractivity contribution in [3.8, 4) is 11.5 Å². The van der Waals surface area contributed by atoms with Crippen LogP contribution in [0.2, 0.25) is 5.02 Å². The van der Waals surface area contributed by atoms with Gasteiger partial charge in [-0.3, -0.25) is 4.79 Å². The predicted molar refractivity (Wildman–Crippen MR) is 95.9 cm³/mol. The minimum atomic E-state index is -0.572. The van der Waals surface area contributed by atoms with Crippen molar-refractivity contribution in [1.82, 2.24) is 5.32 Å². The number of hydrogen-bond donors (Lipinski definition) is 1. The summed E-state index contributed by atoms with van der Waals surface area (Å²) < 4.78 is 10.8. The minimum Gasteiger partial charge on any atom is -0.497 e. The lowest BCUT2D eigenvalue weighted by molar-refractivity contribution is -0.127. The second kappa shape index (κ2) is 9.18. The zero-order valence-electron chi connectivity index (χ0n) is 13.9. The number of carbonyl (C=O) groups excluding carboxylic acids is 1. The Morgan fingerprint density at radius 1 is 1.17 bits per heavy atom. The van der Waals surface area contributed by atoms with Crippen LogP contribution < -0.4 is 14.8 Å². The van der Waals surface area contributed by atoms with Crippen molar-refractivity contribution in [3.63, 3.8) is 0 Å². The molecule has 0 radical (unpaired) electrons. The van der Waals surface area contributed by atoms with Crippen LogP contribution in [0.5, 0.6) is 11.5 Å². The molecule has 0 heterocycles. The Labute approximate surface area is 147 Å². The van der Waals surface area contributed by atoms with Gasteiger partial charge in [0.05, 0.1) is 7.11 Å². The lowest BCUT2D eigenvalue weighted by Crippen LogP contribution is -2.36. The van der Waals surface area contributed by atoms with Gasteiger partial charge in [-0.05, 0) is 43.5 Å². The second-order valence-electron chi connectivity index (χ2n) is 5.43. The normalized spacial score (nSPS) is 11.6. The fourth-order valence-corrected chi connectivity index (χ4v) is 2.50. The molecule has 1 N–H and O–H groups in total. The molecule has 4 nitrogen and oxygen atoms in total. The highest BCUT2D eigenvalue weighted by atomic mass is 35.5. The molecule has 0 aliphatic rings. The van der Waals surface area contributed by atoms with Gasteiger partial charge in [-0.25, -0.2) is 0 Å². The van der Waals surface area contributed by atoms with Crippen molar-refractivity contribution in [2.45, 2.75) is 25.9 Å². The molecule has 0 fully saturated rings. The first kappa shape index (κ1) is 18.1. The molecule has 0 aliphatic carbocycles. The van der Waals surface area contributed by atoms with E-state index in [1.165, 1.54) is 0 Å². The maximum atomic E-state index is 12.1. The van der Waals surface area contributed by atoms with Crippen molar-refractivity contribution in [3.05, 3.63) is 59.1 Å². The first-order valence-electron chi connectivity index (χ1n) is 7.92. The van der Waals surface area contributed by atoms with E-state index in [1.807, 2.05) is 36.4 Å². The molecule has 0 bridgehead atoms. The molecule has 1 atom stereocenters. The summed E-state index contributed by atoms with van der Waals surface area (Å²) in [6.45, 7) is 2.30.